The molecule has 0 atom stereocenters. The third-order valence-electron chi connectivity index (χ3n) is 7.09. The molecule has 1 saturated heterocycles. The molecule has 1 aromatic heterocycles. The summed E-state index contributed by atoms with van der Waals surface area (Å²) in [5.41, 5.74) is -1.33. The summed E-state index contributed by atoms with van der Waals surface area (Å²) in [4.78, 5) is 28.6. The van der Waals surface area contributed by atoms with Crippen molar-refractivity contribution in [1.82, 2.24) is 10.1 Å². The fraction of sp³-hybridized carbons (Fsp3) is 0.433. The SMILES string of the molecule is CC(C)(O)CN1CC(CC(=O)CC(C)(C)c2ccc(F)cc2)(CC(=O)c2cc(-c3ccc(F)cc3F)on2)C1. The summed E-state index contributed by atoms with van der Waals surface area (Å²) >= 11 is 0. The molecule has 208 valence electrons. The Morgan fingerprint density at radius 2 is 1.62 bits per heavy atom. The Labute approximate surface area is 225 Å². The van der Waals surface area contributed by atoms with Gasteiger partial charge in [0.25, 0.3) is 0 Å². The third kappa shape index (κ3) is 7.02. The zero-order chi connectivity index (χ0) is 28.6. The van der Waals surface area contributed by atoms with Crippen molar-refractivity contribution in [2.75, 3.05) is 19.6 Å². The van der Waals surface area contributed by atoms with E-state index < -0.39 is 28.1 Å². The molecule has 1 N–H and O–H groups in total. The first-order valence-corrected chi connectivity index (χ1v) is 12.8. The molecule has 0 spiro atoms. The zero-order valence-electron chi connectivity index (χ0n) is 22.6. The van der Waals surface area contributed by atoms with Gasteiger partial charge in [-0.2, -0.15) is 0 Å². The number of ketones is 2. The second kappa shape index (κ2) is 10.7. The van der Waals surface area contributed by atoms with Crippen molar-refractivity contribution in [3.8, 4) is 11.3 Å². The topological polar surface area (TPSA) is 83.6 Å². The van der Waals surface area contributed by atoms with Crippen molar-refractivity contribution >= 4 is 11.6 Å². The van der Waals surface area contributed by atoms with Crippen LogP contribution in [0.5, 0.6) is 0 Å². The first-order chi connectivity index (χ1) is 18.1. The number of β-amino-alcohol motifs (C(OH)–C–C–N with tert-alkyl or cyclic N) is 1. The number of carbonyl (C=O) groups excluding carboxylic acids is 2. The van der Waals surface area contributed by atoms with Gasteiger partial charge in [0.2, 0.25) is 0 Å². The first kappa shape index (κ1) is 28.7. The predicted octanol–water partition coefficient (Wildman–Crippen LogP) is 5.73. The van der Waals surface area contributed by atoms with Gasteiger partial charge in [0.05, 0.1) is 11.2 Å². The van der Waals surface area contributed by atoms with E-state index in [1.165, 1.54) is 24.3 Å². The van der Waals surface area contributed by atoms with Gasteiger partial charge in [-0.15, -0.1) is 0 Å². The number of Topliss-reactive ketones (excluding diaryl/α,β-unsaturated/α-hetero) is 2. The van der Waals surface area contributed by atoms with Gasteiger partial charge in [0.1, 0.15) is 28.9 Å². The Balaban J connectivity index is 1.49. The molecule has 0 amide bonds. The number of hydrogen-bond donors (Lipinski definition) is 1. The van der Waals surface area contributed by atoms with Crippen molar-refractivity contribution in [2.45, 2.75) is 58.0 Å². The lowest BCUT2D eigenvalue weighted by Crippen LogP contribution is -2.60. The molecule has 2 heterocycles. The number of hydrogen-bond acceptors (Lipinski definition) is 6. The van der Waals surface area contributed by atoms with Gasteiger partial charge >= 0.3 is 0 Å². The van der Waals surface area contributed by atoms with Crippen molar-refractivity contribution < 1.29 is 32.4 Å². The van der Waals surface area contributed by atoms with Crippen molar-refractivity contribution in [2.24, 2.45) is 5.41 Å². The lowest BCUT2D eigenvalue weighted by molar-refractivity contribution is -0.127. The molecule has 39 heavy (non-hydrogen) atoms. The highest BCUT2D eigenvalue weighted by Crippen LogP contribution is 2.41. The summed E-state index contributed by atoms with van der Waals surface area (Å²) in [5, 5.41) is 14.0. The van der Waals surface area contributed by atoms with E-state index in [2.05, 4.69) is 5.16 Å². The van der Waals surface area contributed by atoms with Crippen LogP contribution in [0.2, 0.25) is 0 Å². The monoisotopic (exact) mass is 542 g/mol. The third-order valence-corrected chi connectivity index (χ3v) is 7.09. The summed E-state index contributed by atoms with van der Waals surface area (Å²) in [6.07, 6.45) is 0.358. The summed E-state index contributed by atoms with van der Waals surface area (Å²) in [6, 6.07) is 10.4. The molecular weight excluding hydrogens is 509 g/mol. The maximum Gasteiger partial charge on any atom is 0.185 e. The molecule has 0 aliphatic carbocycles. The predicted molar refractivity (Wildman–Crippen MR) is 140 cm³/mol. The quantitative estimate of drug-likeness (QED) is 0.312. The minimum atomic E-state index is -0.939. The van der Waals surface area contributed by atoms with E-state index in [4.69, 9.17) is 4.52 Å². The summed E-state index contributed by atoms with van der Waals surface area (Å²) in [6.45, 7) is 8.48. The molecule has 9 heteroatoms. The van der Waals surface area contributed by atoms with Crippen LogP contribution >= 0.6 is 0 Å². The minimum absolute atomic E-state index is 0.000658. The van der Waals surface area contributed by atoms with Gasteiger partial charge in [-0.3, -0.25) is 14.5 Å². The molecule has 1 aliphatic heterocycles. The Bertz CT molecular complexity index is 1350. The van der Waals surface area contributed by atoms with Gasteiger partial charge < -0.3 is 9.63 Å². The number of aromatic nitrogens is 1. The van der Waals surface area contributed by atoms with E-state index >= 15 is 0 Å². The highest BCUT2D eigenvalue weighted by molar-refractivity contribution is 5.96. The largest absolute Gasteiger partial charge is 0.389 e. The van der Waals surface area contributed by atoms with E-state index in [1.54, 1.807) is 26.0 Å². The van der Waals surface area contributed by atoms with Crippen LogP contribution in [0, 0.1) is 22.9 Å². The number of aliphatic hydroxyl groups is 1. The molecule has 0 saturated carbocycles. The second-order valence-electron chi connectivity index (χ2n) is 12.0. The van der Waals surface area contributed by atoms with E-state index in [9.17, 15) is 27.9 Å². The Morgan fingerprint density at radius 1 is 0.974 bits per heavy atom. The van der Waals surface area contributed by atoms with Crippen LogP contribution in [0.15, 0.2) is 53.1 Å². The number of benzene rings is 2. The van der Waals surface area contributed by atoms with Crippen LogP contribution in [0.25, 0.3) is 11.3 Å². The molecule has 0 bridgehead atoms. The summed E-state index contributed by atoms with van der Waals surface area (Å²) in [7, 11) is 0. The van der Waals surface area contributed by atoms with E-state index in [-0.39, 0.29) is 53.7 Å². The van der Waals surface area contributed by atoms with Crippen molar-refractivity contribution in [1.29, 1.82) is 0 Å². The molecule has 1 aliphatic rings. The van der Waals surface area contributed by atoms with Crippen molar-refractivity contribution in [3.63, 3.8) is 0 Å². The number of carbonyl (C=O) groups is 2. The number of halogens is 3. The number of nitrogens with zero attached hydrogens (tertiary/aromatic N) is 2. The van der Waals surface area contributed by atoms with E-state index in [1.807, 2.05) is 18.7 Å². The highest BCUT2D eigenvalue weighted by atomic mass is 19.1. The molecule has 3 aromatic rings. The van der Waals surface area contributed by atoms with Crippen LogP contribution in [-0.4, -0.2) is 52.0 Å². The highest BCUT2D eigenvalue weighted by Gasteiger charge is 2.47. The number of likely N-dealkylation sites (tertiary alicyclic amines) is 1. The Kier molecular flexibility index (Phi) is 7.87. The maximum atomic E-state index is 14.2. The van der Waals surface area contributed by atoms with E-state index in [0.717, 1.165) is 17.7 Å². The molecule has 0 unspecified atom stereocenters. The molecule has 2 aromatic carbocycles. The average molecular weight is 543 g/mol. The summed E-state index contributed by atoms with van der Waals surface area (Å²) in [5.74, 6) is -2.31. The van der Waals surface area contributed by atoms with Crippen LogP contribution in [0.3, 0.4) is 0 Å². The zero-order valence-corrected chi connectivity index (χ0v) is 22.6. The molecule has 6 nitrogen and oxygen atoms in total. The fourth-order valence-electron chi connectivity index (χ4n) is 5.48. The lowest BCUT2D eigenvalue weighted by Gasteiger charge is -2.51. The minimum Gasteiger partial charge on any atom is -0.389 e. The van der Waals surface area contributed by atoms with Gasteiger partial charge in [0.15, 0.2) is 11.5 Å². The molecule has 0 radical (unpaired) electrons. The number of rotatable bonds is 11. The average Bonchev–Trinajstić information content (AvgIpc) is 3.27. The molecule has 4 rings (SSSR count). The Hall–Kier alpha value is -3.30. The first-order valence-electron chi connectivity index (χ1n) is 12.8. The van der Waals surface area contributed by atoms with Gasteiger partial charge in [-0.05, 0) is 49.1 Å². The Morgan fingerprint density at radius 3 is 2.23 bits per heavy atom. The second-order valence-corrected chi connectivity index (χ2v) is 12.0. The smallest absolute Gasteiger partial charge is 0.185 e. The van der Waals surface area contributed by atoms with Gasteiger partial charge in [0, 0.05) is 56.4 Å². The maximum absolute atomic E-state index is 14.2. The molecular formula is C30H33F3N2O4. The van der Waals surface area contributed by atoms with Crippen LogP contribution < -0.4 is 0 Å². The van der Waals surface area contributed by atoms with Gasteiger partial charge in [-0.1, -0.05) is 31.1 Å². The molecule has 1 fully saturated rings. The van der Waals surface area contributed by atoms with Crippen LogP contribution in [0.4, 0.5) is 13.2 Å². The normalized spacial score (nSPS) is 15.7. The fourth-order valence-corrected chi connectivity index (χ4v) is 5.48. The van der Waals surface area contributed by atoms with Crippen LogP contribution in [0.1, 0.15) is 63.0 Å². The van der Waals surface area contributed by atoms with Crippen molar-refractivity contribution in [3.05, 3.63) is 77.2 Å². The van der Waals surface area contributed by atoms with E-state index in [0.29, 0.717) is 19.6 Å². The standard InChI is InChI=1S/C30H33F3N2O4/c1-28(2,19-5-7-20(31)8-6-19)13-22(36)14-30(17-35(18-30)16-29(3,4)38)15-26(37)25-12-27(39-34-25)23-10-9-21(32)11-24(23)33/h5-12,38H,13-18H2,1-4H3. The summed E-state index contributed by atoms with van der Waals surface area (Å²) < 4.78 is 46.0. The lowest BCUT2D eigenvalue weighted by atomic mass is 9.69. The van der Waals surface area contributed by atoms with Gasteiger partial charge in [-0.25, -0.2) is 13.2 Å². The van der Waals surface area contributed by atoms with Crippen LogP contribution in [-0.2, 0) is 10.2 Å².